The molecule has 1 aliphatic rings. The van der Waals surface area contributed by atoms with Gasteiger partial charge in [-0.3, -0.25) is 0 Å². The second kappa shape index (κ2) is 7.25. The summed E-state index contributed by atoms with van der Waals surface area (Å²) in [6.45, 7) is 0.508. The van der Waals surface area contributed by atoms with Gasteiger partial charge in [0.1, 0.15) is 0 Å². The lowest BCUT2D eigenvalue weighted by Gasteiger charge is -2.19. The first-order chi connectivity index (χ1) is 13.8. The Kier molecular flexibility index (Phi) is 4.89. The maximum absolute atomic E-state index is 13.5. The second-order valence-electron chi connectivity index (χ2n) is 6.44. The van der Waals surface area contributed by atoms with Gasteiger partial charge < -0.3 is 9.42 Å². The van der Waals surface area contributed by atoms with E-state index in [4.69, 9.17) is 33.0 Å². The summed E-state index contributed by atoms with van der Waals surface area (Å²) in [5.74, 6) is 0.515. The minimum atomic E-state index is -4.60. The van der Waals surface area contributed by atoms with Gasteiger partial charge in [-0.1, -0.05) is 28.4 Å². The molecule has 0 saturated carbocycles. The summed E-state index contributed by atoms with van der Waals surface area (Å²) in [4.78, 5) is 6.02. The topological polar surface area (TPSA) is 66.0 Å². The van der Waals surface area contributed by atoms with Gasteiger partial charge in [-0.15, -0.1) is 0 Å². The molecule has 0 fully saturated rings. The lowest BCUT2D eigenvalue weighted by molar-refractivity contribution is -0.138. The third-order valence-corrected chi connectivity index (χ3v) is 5.01. The molecule has 2 aromatic carbocycles. The fourth-order valence-electron chi connectivity index (χ4n) is 3.42. The Bertz CT molecular complexity index is 1120. The highest BCUT2D eigenvalue weighted by Gasteiger charge is 2.39. The molecule has 0 aliphatic carbocycles. The molecule has 3 aromatic rings. The summed E-state index contributed by atoms with van der Waals surface area (Å²) >= 11 is 12.0. The van der Waals surface area contributed by atoms with Crippen LogP contribution in [0.25, 0.3) is 11.5 Å². The number of nitriles is 1. The van der Waals surface area contributed by atoms with Crippen molar-refractivity contribution in [1.29, 1.82) is 5.26 Å². The van der Waals surface area contributed by atoms with Crippen molar-refractivity contribution in [2.45, 2.75) is 19.1 Å². The molecule has 0 radical (unpaired) electrons. The van der Waals surface area contributed by atoms with Crippen LogP contribution in [0.3, 0.4) is 0 Å². The first-order valence-corrected chi connectivity index (χ1v) is 9.19. The molecular weight excluding hydrogens is 428 g/mol. The lowest BCUT2D eigenvalue weighted by atomic mass is 9.99. The Morgan fingerprint density at radius 2 is 1.90 bits per heavy atom. The zero-order valence-corrected chi connectivity index (χ0v) is 16.1. The van der Waals surface area contributed by atoms with Gasteiger partial charge in [0, 0.05) is 27.8 Å². The van der Waals surface area contributed by atoms with Gasteiger partial charge in [-0.05, 0) is 42.3 Å². The molecule has 1 aromatic heterocycles. The molecule has 148 valence electrons. The number of fused-ring (bicyclic) bond motifs is 1. The molecule has 0 bridgehead atoms. The zero-order chi connectivity index (χ0) is 20.8. The van der Waals surface area contributed by atoms with E-state index in [-0.39, 0.29) is 30.0 Å². The number of hydrogen-bond acceptors (Lipinski definition) is 5. The van der Waals surface area contributed by atoms with Crippen molar-refractivity contribution < 1.29 is 17.7 Å². The molecule has 4 rings (SSSR count). The highest BCUT2D eigenvalue weighted by Crippen LogP contribution is 2.42. The Hall–Kier alpha value is -2.76. The molecule has 0 unspecified atom stereocenters. The van der Waals surface area contributed by atoms with E-state index in [1.807, 2.05) is 0 Å². The SMILES string of the molecule is N#Cc1ccc2c(c1C(F)(F)F)CCN2Cc1noc(-c2cc(Cl)cc(Cl)c2)n1. The molecule has 29 heavy (non-hydrogen) atoms. The van der Waals surface area contributed by atoms with E-state index in [1.54, 1.807) is 29.2 Å². The van der Waals surface area contributed by atoms with Gasteiger partial charge in [0.2, 0.25) is 0 Å². The zero-order valence-electron chi connectivity index (χ0n) is 14.6. The van der Waals surface area contributed by atoms with Crippen LogP contribution in [0.4, 0.5) is 18.9 Å². The van der Waals surface area contributed by atoms with Gasteiger partial charge in [0.25, 0.3) is 5.89 Å². The molecule has 0 amide bonds. The van der Waals surface area contributed by atoms with E-state index in [0.29, 0.717) is 33.7 Å². The summed E-state index contributed by atoms with van der Waals surface area (Å²) in [5, 5.41) is 13.8. The van der Waals surface area contributed by atoms with Gasteiger partial charge in [0.05, 0.1) is 23.7 Å². The molecule has 5 nitrogen and oxygen atoms in total. The molecule has 0 spiro atoms. The first-order valence-electron chi connectivity index (χ1n) is 8.43. The number of nitrogens with zero attached hydrogens (tertiary/aromatic N) is 4. The third kappa shape index (κ3) is 3.76. The first kappa shape index (κ1) is 19.6. The second-order valence-corrected chi connectivity index (χ2v) is 7.31. The predicted molar refractivity (Wildman–Crippen MR) is 101 cm³/mol. The van der Waals surface area contributed by atoms with Crippen LogP contribution in [0, 0.1) is 11.3 Å². The largest absolute Gasteiger partial charge is 0.418 e. The van der Waals surface area contributed by atoms with Crippen LogP contribution >= 0.6 is 23.2 Å². The Morgan fingerprint density at radius 3 is 2.55 bits per heavy atom. The van der Waals surface area contributed by atoms with Crippen LogP contribution in [-0.4, -0.2) is 16.7 Å². The average molecular weight is 439 g/mol. The van der Waals surface area contributed by atoms with E-state index < -0.39 is 11.7 Å². The standard InChI is InChI=1S/C19H11Cl2F3N4O/c20-12-5-11(6-13(21)7-12)18-26-16(27-29-18)9-28-4-3-14-15(28)2-1-10(8-25)17(14)19(22,23)24/h1-2,5-7H,3-4,9H2. The van der Waals surface area contributed by atoms with Crippen molar-refractivity contribution in [1.82, 2.24) is 10.1 Å². The van der Waals surface area contributed by atoms with E-state index >= 15 is 0 Å². The summed E-state index contributed by atoms with van der Waals surface area (Å²) in [6.07, 6.45) is -4.42. The van der Waals surface area contributed by atoms with Crippen molar-refractivity contribution >= 4 is 28.9 Å². The molecule has 1 aliphatic heterocycles. The summed E-state index contributed by atoms with van der Waals surface area (Å²) in [7, 11) is 0. The van der Waals surface area contributed by atoms with E-state index in [0.717, 1.165) is 0 Å². The maximum atomic E-state index is 13.5. The van der Waals surface area contributed by atoms with Crippen LogP contribution in [0.5, 0.6) is 0 Å². The molecule has 10 heteroatoms. The number of aromatic nitrogens is 2. The van der Waals surface area contributed by atoms with Crippen molar-refractivity contribution in [3.05, 3.63) is 62.9 Å². The molecular formula is C19H11Cl2F3N4O. The molecule has 2 heterocycles. The Balaban J connectivity index is 1.63. The molecule has 0 atom stereocenters. The van der Waals surface area contributed by atoms with E-state index in [2.05, 4.69) is 10.1 Å². The van der Waals surface area contributed by atoms with E-state index in [1.165, 1.54) is 12.1 Å². The number of benzene rings is 2. The fraction of sp³-hybridized carbons (Fsp3) is 0.211. The number of alkyl halides is 3. The van der Waals surface area contributed by atoms with Crippen molar-refractivity contribution in [2.75, 3.05) is 11.4 Å². The smallest absolute Gasteiger partial charge is 0.363 e. The van der Waals surface area contributed by atoms with Crippen LogP contribution in [0.15, 0.2) is 34.9 Å². The minimum Gasteiger partial charge on any atom is -0.363 e. The summed E-state index contributed by atoms with van der Waals surface area (Å²) < 4.78 is 45.7. The van der Waals surface area contributed by atoms with Gasteiger partial charge >= 0.3 is 6.18 Å². The van der Waals surface area contributed by atoms with Crippen molar-refractivity contribution in [2.24, 2.45) is 0 Å². The predicted octanol–water partition coefficient (Wildman–Crippen LogP) is 5.50. The number of hydrogen-bond donors (Lipinski definition) is 0. The molecule has 0 saturated heterocycles. The molecule has 0 N–H and O–H groups in total. The highest BCUT2D eigenvalue weighted by molar-refractivity contribution is 6.35. The average Bonchev–Trinajstić information content (AvgIpc) is 3.27. The summed E-state index contributed by atoms with van der Waals surface area (Å²) in [6, 6.07) is 9.15. The normalized spacial score (nSPS) is 13.4. The number of anilines is 1. The van der Waals surface area contributed by atoms with Gasteiger partial charge in [-0.2, -0.15) is 23.4 Å². The van der Waals surface area contributed by atoms with Crippen molar-refractivity contribution in [3.63, 3.8) is 0 Å². The van der Waals surface area contributed by atoms with Crippen molar-refractivity contribution in [3.8, 4) is 17.5 Å². The maximum Gasteiger partial charge on any atom is 0.418 e. The lowest BCUT2D eigenvalue weighted by Crippen LogP contribution is -2.20. The Labute approximate surface area is 173 Å². The van der Waals surface area contributed by atoms with Crippen LogP contribution in [0.2, 0.25) is 10.0 Å². The van der Waals surface area contributed by atoms with Crippen LogP contribution in [0.1, 0.15) is 22.5 Å². The van der Waals surface area contributed by atoms with Gasteiger partial charge in [0.15, 0.2) is 5.82 Å². The highest BCUT2D eigenvalue weighted by atomic mass is 35.5. The number of rotatable bonds is 3. The minimum absolute atomic E-state index is 0.113. The third-order valence-electron chi connectivity index (χ3n) is 4.57. The van der Waals surface area contributed by atoms with E-state index in [9.17, 15) is 13.2 Å². The van der Waals surface area contributed by atoms with Gasteiger partial charge in [-0.25, -0.2) is 0 Å². The quantitative estimate of drug-likeness (QED) is 0.540. The Morgan fingerprint density at radius 1 is 1.17 bits per heavy atom. The van der Waals surface area contributed by atoms with Crippen LogP contribution in [-0.2, 0) is 19.1 Å². The van der Waals surface area contributed by atoms with Crippen LogP contribution < -0.4 is 4.90 Å². The number of halogens is 5. The fourth-order valence-corrected chi connectivity index (χ4v) is 3.94. The summed E-state index contributed by atoms with van der Waals surface area (Å²) in [5.41, 5.74) is -0.184. The monoisotopic (exact) mass is 438 g/mol.